The number of hydrogen-bond acceptors (Lipinski definition) is 2. The van der Waals surface area contributed by atoms with Gasteiger partial charge in [-0.15, -0.1) is 0 Å². The van der Waals surface area contributed by atoms with Crippen molar-refractivity contribution < 1.29 is 14.4 Å². The molecule has 3 heteroatoms. The van der Waals surface area contributed by atoms with Crippen molar-refractivity contribution in [2.24, 2.45) is 0 Å². The van der Waals surface area contributed by atoms with Crippen LogP contribution in [0, 0.1) is 0 Å². The standard InChI is InChI=1S/C10H19NO2/c1-5-11(6-2,7-3)8-9(4)10(12)13/h8H,5-7H2,1-4H3. The predicted molar refractivity (Wildman–Crippen MR) is 50.6 cm³/mol. The third kappa shape index (κ3) is 3.19. The first-order valence-electron chi connectivity index (χ1n) is 4.78. The van der Waals surface area contributed by atoms with Crippen LogP contribution in [0.2, 0.25) is 0 Å². The minimum Gasteiger partial charge on any atom is -0.545 e. The van der Waals surface area contributed by atoms with Gasteiger partial charge in [0.1, 0.15) is 6.20 Å². The van der Waals surface area contributed by atoms with Crippen molar-refractivity contribution in [3.63, 3.8) is 0 Å². The van der Waals surface area contributed by atoms with Gasteiger partial charge in [0.15, 0.2) is 0 Å². The van der Waals surface area contributed by atoms with Crippen LogP contribution in [0.3, 0.4) is 0 Å². The normalized spacial score (nSPS) is 13.1. The van der Waals surface area contributed by atoms with Crippen molar-refractivity contribution >= 4 is 5.97 Å². The van der Waals surface area contributed by atoms with Gasteiger partial charge in [0, 0.05) is 5.57 Å². The van der Waals surface area contributed by atoms with Crippen molar-refractivity contribution in [2.75, 3.05) is 19.6 Å². The summed E-state index contributed by atoms with van der Waals surface area (Å²) in [6.07, 6.45) is 1.79. The van der Waals surface area contributed by atoms with E-state index in [1.54, 1.807) is 13.1 Å². The number of hydrogen-bond donors (Lipinski definition) is 0. The molecule has 0 aliphatic rings. The first kappa shape index (κ1) is 12.2. The Kier molecular flexibility index (Phi) is 4.70. The van der Waals surface area contributed by atoms with Crippen LogP contribution in [0.25, 0.3) is 0 Å². The van der Waals surface area contributed by atoms with E-state index in [0.29, 0.717) is 10.1 Å². The molecule has 0 aliphatic heterocycles. The molecular weight excluding hydrogens is 166 g/mol. The Bertz CT molecular complexity index is 197. The number of carboxylic acids is 1. The molecule has 76 valence electrons. The number of rotatable bonds is 5. The van der Waals surface area contributed by atoms with E-state index < -0.39 is 5.97 Å². The highest BCUT2D eigenvalue weighted by atomic mass is 16.4. The van der Waals surface area contributed by atoms with Gasteiger partial charge in [0.25, 0.3) is 0 Å². The van der Waals surface area contributed by atoms with E-state index in [1.807, 2.05) is 0 Å². The fraction of sp³-hybridized carbons (Fsp3) is 0.700. The zero-order chi connectivity index (χ0) is 10.5. The Labute approximate surface area is 80.3 Å². The summed E-state index contributed by atoms with van der Waals surface area (Å²) >= 11 is 0. The van der Waals surface area contributed by atoms with Crippen LogP contribution in [0.1, 0.15) is 27.7 Å². The zero-order valence-corrected chi connectivity index (χ0v) is 8.96. The number of carboxylic acid groups (broad SMARTS) is 1. The quantitative estimate of drug-likeness (QED) is 0.462. The van der Waals surface area contributed by atoms with Crippen LogP contribution in [0.4, 0.5) is 0 Å². The molecule has 0 fully saturated rings. The predicted octanol–water partition coefficient (Wildman–Crippen LogP) is 0.517. The van der Waals surface area contributed by atoms with E-state index in [-0.39, 0.29) is 0 Å². The lowest BCUT2D eigenvalue weighted by molar-refractivity contribution is -0.874. The highest BCUT2D eigenvalue weighted by Crippen LogP contribution is 2.09. The highest BCUT2D eigenvalue weighted by molar-refractivity contribution is 5.83. The molecule has 0 spiro atoms. The molecule has 0 N–H and O–H groups in total. The maximum Gasteiger partial charge on any atom is 0.101 e. The molecule has 0 aromatic rings. The number of aliphatic carboxylic acids is 1. The van der Waals surface area contributed by atoms with E-state index in [1.165, 1.54) is 0 Å². The lowest BCUT2D eigenvalue weighted by Crippen LogP contribution is -2.43. The molecule has 0 atom stereocenters. The molecule has 0 radical (unpaired) electrons. The number of quaternary nitrogens is 1. The monoisotopic (exact) mass is 185 g/mol. The fourth-order valence-corrected chi connectivity index (χ4v) is 1.41. The molecule has 0 heterocycles. The van der Waals surface area contributed by atoms with Gasteiger partial charge in [0.05, 0.1) is 25.6 Å². The molecule has 0 saturated carbocycles. The van der Waals surface area contributed by atoms with Crippen molar-refractivity contribution in [3.8, 4) is 0 Å². The smallest absolute Gasteiger partial charge is 0.101 e. The van der Waals surface area contributed by atoms with Gasteiger partial charge in [-0.3, -0.25) is 4.48 Å². The van der Waals surface area contributed by atoms with Gasteiger partial charge < -0.3 is 9.90 Å². The van der Waals surface area contributed by atoms with Crippen LogP contribution in [-0.4, -0.2) is 30.1 Å². The summed E-state index contributed by atoms with van der Waals surface area (Å²) in [7, 11) is 0. The van der Waals surface area contributed by atoms with Crippen LogP contribution >= 0.6 is 0 Å². The van der Waals surface area contributed by atoms with Gasteiger partial charge in [-0.05, 0) is 27.7 Å². The maximum absolute atomic E-state index is 10.5. The van der Waals surface area contributed by atoms with Crippen molar-refractivity contribution in [1.82, 2.24) is 0 Å². The minimum absolute atomic E-state index is 0.325. The second-order valence-corrected chi connectivity index (χ2v) is 3.27. The van der Waals surface area contributed by atoms with Crippen molar-refractivity contribution in [1.29, 1.82) is 0 Å². The lowest BCUT2D eigenvalue weighted by atomic mass is 10.3. The Morgan fingerprint density at radius 1 is 1.23 bits per heavy atom. The van der Waals surface area contributed by atoms with E-state index in [2.05, 4.69) is 20.8 Å². The second kappa shape index (κ2) is 5.02. The molecule has 0 unspecified atom stereocenters. The zero-order valence-electron chi connectivity index (χ0n) is 8.96. The van der Waals surface area contributed by atoms with Crippen LogP contribution < -0.4 is 5.11 Å². The van der Waals surface area contributed by atoms with Crippen molar-refractivity contribution in [3.05, 3.63) is 11.8 Å². The molecule has 13 heavy (non-hydrogen) atoms. The van der Waals surface area contributed by atoms with Crippen LogP contribution in [0.15, 0.2) is 11.8 Å². The van der Waals surface area contributed by atoms with E-state index in [9.17, 15) is 9.90 Å². The molecule has 0 saturated heterocycles. The summed E-state index contributed by atoms with van der Waals surface area (Å²) in [4.78, 5) is 10.5. The third-order valence-corrected chi connectivity index (χ3v) is 2.68. The Balaban J connectivity index is 4.76. The molecule has 0 amide bonds. The molecule has 3 nitrogen and oxygen atoms in total. The van der Waals surface area contributed by atoms with Crippen LogP contribution in [-0.2, 0) is 4.79 Å². The summed E-state index contributed by atoms with van der Waals surface area (Å²) in [5, 5.41) is 10.5. The average molecular weight is 185 g/mol. The number of carbonyl (C=O) groups is 1. The van der Waals surface area contributed by atoms with E-state index in [4.69, 9.17) is 0 Å². The van der Waals surface area contributed by atoms with Crippen LogP contribution in [0.5, 0.6) is 0 Å². The Hall–Kier alpha value is -0.830. The summed E-state index contributed by atoms with van der Waals surface area (Å²) in [5.41, 5.74) is 0.325. The first-order valence-corrected chi connectivity index (χ1v) is 4.78. The Morgan fingerprint density at radius 3 is 1.85 bits per heavy atom. The Morgan fingerprint density at radius 2 is 1.62 bits per heavy atom. The summed E-state index contributed by atoms with van der Waals surface area (Å²) in [6, 6.07) is 0. The second-order valence-electron chi connectivity index (χ2n) is 3.27. The minimum atomic E-state index is -1.07. The third-order valence-electron chi connectivity index (χ3n) is 2.68. The van der Waals surface area contributed by atoms with Gasteiger partial charge >= 0.3 is 0 Å². The number of nitrogens with zero attached hydrogens (tertiary/aromatic N) is 1. The van der Waals surface area contributed by atoms with Gasteiger partial charge in [-0.25, -0.2) is 0 Å². The largest absolute Gasteiger partial charge is 0.545 e. The molecule has 0 bridgehead atoms. The summed E-state index contributed by atoms with van der Waals surface area (Å²) in [6.45, 7) is 10.5. The molecule has 0 aromatic carbocycles. The average Bonchev–Trinajstić information content (AvgIpc) is 2.14. The molecule has 0 aliphatic carbocycles. The van der Waals surface area contributed by atoms with Gasteiger partial charge in [-0.1, -0.05) is 0 Å². The SMILES string of the molecule is CC[N+](C=C(C)C(=O)[O-])(CC)CC. The van der Waals surface area contributed by atoms with Gasteiger partial charge in [-0.2, -0.15) is 0 Å². The van der Waals surface area contributed by atoms with E-state index >= 15 is 0 Å². The molecule has 0 rings (SSSR count). The van der Waals surface area contributed by atoms with Crippen molar-refractivity contribution in [2.45, 2.75) is 27.7 Å². The van der Waals surface area contributed by atoms with E-state index in [0.717, 1.165) is 19.6 Å². The first-order chi connectivity index (χ1) is 6.01. The topological polar surface area (TPSA) is 40.1 Å². The fourth-order valence-electron chi connectivity index (χ4n) is 1.41. The van der Waals surface area contributed by atoms with Gasteiger partial charge in [0.2, 0.25) is 0 Å². The summed E-state index contributed by atoms with van der Waals surface area (Å²) in [5.74, 6) is -1.07. The maximum atomic E-state index is 10.5. The lowest BCUT2D eigenvalue weighted by Gasteiger charge is -2.32. The molecule has 0 aromatic heterocycles. The molecular formula is C10H19NO2. The highest BCUT2D eigenvalue weighted by Gasteiger charge is 2.18. The number of carbonyl (C=O) groups excluding carboxylic acids is 1. The summed E-state index contributed by atoms with van der Waals surface area (Å²) < 4.78 is 0.708.